The molecule has 2 atom stereocenters. The molecule has 2 aliphatic carbocycles. The summed E-state index contributed by atoms with van der Waals surface area (Å²) in [6, 6.07) is 0. The fourth-order valence-corrected chi connectivity index (χ4v) is 3.27. The van der Waals surface area contributed by atoms with Gasteiger partial charge in [0.15, 0.2) is 0 Å². The Morgan fingerprint density at radius 2 is 1.77 bits per heavy atom. The molecule has 0 N–H and O–H groups in total. The van der Waals surface area contributed by atoms with Crippen LogP contribution in [0.25, 0.3) is 0 Å². The van der Waals surface area contributed by atoms with Crippen LogP contribution in [0.2, 0.25) is 0 Å². The lowest BCUT2D eigenvalue weighted by molar-refractivity contribution is 0.255. The van der Waals surface area contributed by atoms with Crippen LogP contribution in [0.3, 0.4) is 0 Å². The minimum absolute atomic E-state index is 1.03. The van der Waals surface area contributed by atoms with Gasteiger partial charge in [0.25, 0.3) is 0 Å². The summed E-state index contributed by atoms with van der Waals surface area (Å²) < 4.78 is 0. The molecule has 13 heavy (non-hydrogen) atoms. The number of hydrogen-bond donors (Lipinski definition) is 0. The van der Waals surface area contributed by atoms with Gasteiger partial charge < -0.3 is 0 Å². The Hall–Kier alpha value is 0. The van der Waals surface area contributed by atoms with Gasteiger partial charge >= 0.3 is 0 Å². The van der Waals surface area contributed by atoms with E-state index in [4.69, 9.17) is 0 Å². The summed E-state index contributed by atoms with van der Waals surface area (Å²) in [5.41, 5.74) is 0. The SMILES string of the molecule is CCCC1CC1C1CCC(C)CC1. The van der Waals surface area contributed by atoms with E-state index in [1.165, 1.54) is 25.7 Å². The molecule has 76 valence electrons. The van der Waals surface area contributed by atoms with Gasteiger partial charge in [-0.25, -0.2) is 0 Å². The highest BCUT2D eigenvalue weighted by Crippen LogP contribution is 2.51. The standard InChI is InChI=1S/C13H24/c1-3-4-12-9-13(12)11-7-5-10(2)6-8-11/h10-13H,3-9H2,1-2H3. The molecule has 0 aromatic carbocycles. The summed E-state index contributed by atoms with van der Waals surface area (Å²) in [7, 11) is 0. The highest BCUT2D eigenvalue weighted by molar-refractivity contribution is 4.92. The quantitative estimate of drug-likeness (QED) is 0.609. The average Bonchev–Trinajstić information content (AvgIpc) is 2.86. The van der Waals surface area contributed by atoms with Crippen molar-refractivity contribution in [1.82, 2.24) is 0 Å². The Morgan fingerprint density at radius 1 is 1.08 bits per heavy atom. The molecule has 0 aromatic heterocycles. The first-order valence-electron chi connectivity index (χ1n) is 6.31. The summed E-state index contributed by atoms with van der Waals surface area (Å²) in [5, 5.41) is 0. The van der Waals surface area contributed by atoms with E-state index < -0.39 is 0 Å². The lowest BCUT2D eigenvalue weighted by Crippen LogP contribution is -2.14. The molecule has 0 nitrogen and oxygen atoms in total. The lowest BCUT2D eigenvalue weighted by atomic mass is 9.80. The molecule has 0 saturated heterocycles. The molecule has 2 rings (SSSR count). The van der Waals surface area contributed by atoms with Crippen LogP contribution < -0.4 is 0 Å². The molecule has 2 saturated carbocycles. The van der Waals surface area contributed by atoms with Crippen LogP contribution in [-0.4, -0.2) is 0 Å². The maximum absolute atomic E-state index is 2.42. The molecule has 0 amide bonds. The molecule has 2 aliphatic rings. The van der Waals surface area contributed by atoms with Gasteiger partial charge in [-0.05, 0) is 42.9 Å². The predicted octanol–water partition coefficient (Wildman–Crippen LogP) is 4.25. The van der Waals surface area contributed by atoms with Crippen molar-refractivity contribution in [3.63, 3.8) is 0 Å². The zero-order valence-electron chi connectivity index (χ0n) is 9.26. The molecule has 0 aromatic rings. The van der Waals surface area contributed by atoms with E-state index in [1.54, 1.807) is 19.3 Å². The fraction of sp³-hybridized carbons (Fsp3) is 1.00. The lowest BCUT2D eigenvalue weighted by Gasteiger charge is -2.26. The van der Waals surface area contributed by atoms with Gasteiger partial charge in [-0.2, -0.15) is 0 Å². The summed E-state index contributed by atoms with van der Waals surface area (Å²) in [6.07, 6.45) is 10.6. The van der Waals surface area contributed by atoms with Crippen molar-refractivity contribution < 1.29 is 0 Å². The van der Waals surface area contributed by atoms with Crippen LogP contribution in [0.15, 0.2) is 0 Å². The van der Waals surface area contributed by atoms with Gasteiger partial charge in [0.2, 0.25) is 0 Å². The second-order valence-corrected chi connectivity index (χ2v) is 5.47. The van der Waals surface area contributed by atoms with Gasteiger partial charge in [-0.1, -0.05) is 39.5 Å². The zero-order valence-corrected chi connectivity index (χ0v) is 9.26. The van der Waals surface area contributed by atoms with Crippen molar-refractivity contribution in [2.75, 3.05) is 0 Å². The topological polar surface area (TPSA) is 0 Å². The van der Waals surface area contributed by atoms with E-state index in [0.29, 0.717) is 0 Å². The van der Waals surface area contributed by atoms with E-state index >= 15 is 0 Å². The third-order valence-electron chi connectivity index (χ3n) is 4.30. The Labute approximate surface area is 83.1 Å². The summed E-state index contributed by atoms with van der Waals surface area (Å²) in [4.78, 5) is 0. The number of rotatable bonds is 3. The monoisotopic (exact) mass is 180 g/mol. The van der Waals surface area contributed by atoms with Gasteiger partial charge in [-0.3, -0.25) is 0 Å². The molecule has 0 aliphatic heterocycles. The average molecular weight is 180 g/mol. The van der Waals surface area contributed by atoms with Crippen molar-refractivity contribution in [2.24, 2.45) is 23.7 Å². The molecule has 0 heterocycles. The molecule has 0 radical (unpaired) electrons. The maximum Gasteiger partial charge on any atom is -0.0355 e. The van der Waals surface area contributed by atoms with Crippen LogP contribution in [0, 0.1) is 23.7 Å². The van der Waals surface area contributed by atoms with E-state index in [1.807, 2.05) is 0 Å². The van der Waals surface area contributed by atoms with E-state index in [9.17, 15) is 0 Å². The normalized spacial score (nSPS) is 44.8. The first kappa shape index (κ1) is 9.55. The van der Waals surface area contributed by atoms with Crippen molar-refractivity contribution in [1.29, 1.82) is 0 Å². The van der Waals surface area contributed by atoms with Gasteiger partial charge in [0, 0.05) is 0 Å². The fourth-order valence-electron chi connectivity index (χ4n) is 3.27. The van der Waals surface area contributed by atoms with E-state index in [0.717, 1.165) is 23.7 Å². The summed E-state index contributed by atoms with van der Waals surface area (Å²) in [5.74, 6) is 4.46. The molecule has 0 bridgehead atoms. The Bertz CT molecular complexity index is 153. The van der Waals surface area contributed by atoms with Crippen molar-refractivity contribution >= 4 is 0 Å². The molecular weight excluding hydrogens is 156 g/mol. The molecular formula is C13H24. The second-order valence-electron chi connectivity index (χ2n) is 5.47. The smallest absolute Gasteiger partial charge is 0.0355 e. The molecule has 0 spiro atoms. The maximum atomic E-state index is 2.42. The third-order valence-corrected chi connectivity index (χ3v) is 4.30. The minimum Gasteiger partial charge on any atom is -0.0654 e. The highest BCUT2D eigenvalue weighted by atomic mass is 14.5. The van der Waals surface area contributed by atoms with E-state index in [2.05, 4.69) is 13.8 Å². The predicted molar refractivity (Wildman–Crippen MR) is 57.6 cm³/mol. The molecule has 2 fully saturated rings. The summed E-state index contributed by atoms with van der Waals surface area (Å²) in [6.45, 7) is 4.75. The largest absolute Gasteiger partial charge is 0.0654 e. The van der Waals surface area contributed by atoms with E-state index in [-0.39, 0.29) is 0 Å². The van der Waals surface area contributed by atoms with Crippen LogP contribution >= 0.6 is 0 Å². The second kappa shape index (κ2) is 4.02. The van der Waals surface area contributed by atoms with Crippen molar-refractivity contribution in [3.8, 4) is 0 Å². The Kier molecular flexibility index (Phi) is 2.96. The zero-order chi connectivity index (χ0) is 9.26. The molecule has 2 unspecified atom stereocenters. The van der Waals surface area contributed by atoms with Crippen molar-refractivity contribution in [2.45, 2.75) is 58.8 Å². The van der Waals surface area contributed by atoms with Crippen LogP contribution in [0.1, 0.15) is 58.8 Å². The molecule has 0 heteroatoms. The first-order valence-corrected chi connectivity index (χ1v) is 6.31. The number of hydrogen-bond acceptors (Lipinski definition) is 0. The Morgan fingerprint density at radius 3 is 2.38 bits per heavy atom. The summed E-state index contributed by atoms with van der Waals surface area (Å²) >= 11 is 0. The first-order chi connectivity index (χ1) is 6.31. The van der Waals surface area contributed by atoms with Gasteiger partial charge in [-0.15, -0.1) is 0 Å². The van der Waals surface area contributed by atoms with Gasteiger partial charge in [0.05, 0.1) is 0 Å². The third kappa shape index (κ3) is 2.27. The van der Waals surface area contributed by atoms with Crippen molar-refractivity contribution in [3.05, 3.63) is 0 Å². The van der Waals surface area contributed by atoms with Crippen LogP contribution in [-0.2, 0) is 0 Å². The van der Waals surface area contributed by atoms with Crippen LogP contribution in [0.4, 0.5) is 0 Å². The Balaban J connectivity index is 1.71. The van der Waals surface area contributed by atoms with Crippen LogP contribution in [0.5, 0.6) is 0 Å². The minimum atomic E-state index is 1.03. The van der Waals surface area contributed by atoms with Gasteiger partial charge in [0.1, 0.15) is 0 Å². The highest BCUT2D eigenvalue weighted by Gasteiger charge is 2.42.